The second kappa shape index (κ2) is 9.26. The van der Waals surface area contributed by atoms with E-state index >= 15 is 0 Å². The number of nitrogens with one attached hydrogen (secondary N) is 1. The molecule has 3 rings (SSSR count). The summed E-state index contributed by atoms with van der Waals surface area (Å²) in [6, 6.07) is 16.1. The highest BCUT2D eigenvalue weighted by molar-refractivity contribution is 6.12. The molecule has 0 heterocycles. The van der Waals surface area contributed by atoms with Crippen molar-refractivity contribution in [1.82, 2.24) is 0 Å². The van der Waals surface area contributed by atoms with Gasteiger partial charge in [0.1, 0.15) is 0 Å². The lowest BCUT2D eigenvalue weighted by Crippen LogP contribution is -2.28. The lowest BCUT2D eigenvalue weighted by atomic mass is 10.0. The standard InChI is InChI=1S/C25H22N2O5/c1-15-4-9-19(10-5-15)26-23(29)21-13-20(11-6-16(21)2)27(3)24(30)22-12-17(25(31)32)7-8-18(22)14-28/h4-14H,1-3H3,(H,26,29)(H,31,32). The topological polar surface area (TPSA) is 104 Å². The van der Waals surface area contributed by atoms with E-state index in [9.17, 15) is 24.3 Å². The van der Waals surface area contributed by atoms with Crippen molar-refractivity contribution in [2.45, 2.75) is 13.8 Å². The number of benzene rings is 3. The number of amides is 2. The number of aldehydes is 1. The predicted molar refractivity (Wildman–Crippen MR) is 122 cm³/mol. The van der Waals surface area contributed by atoms with Crippen LogP contribution in [0.25, 0.3) is 0 Å². The van der Waals surface area contributed by atoms with Crippen molar-refractivity contribution < 1.29 is 24.3 Å². The van der Waals surface area contributed by atoms with Crippen LogP contribution in [0.15, 0.2) is 60.7 Å². The molecule has 7 heteroatoms. The van der Waals surface area contributed by atoms with Crippen molar-refractivity contribution in [3.63, 3.8) is 0 Å². The van der Waals surface area contributed by atoms with E-state index < -0.39 is 11.9 Å². The summed E-state index contributed by atoms with van der Waals surface area (Å²) in [4.78, 5) is 49.8. The first-order chi connectivity index (χ1) is 15.2. The average Bonchev–Trinajstić information content (AvgIpc) is 2.79. The zero-order valence-electron chi connectivity index (χ0n) is 17.9. The fourth-order valence-corrected chi connectivity index (χ4v) is 3.17. The molecule has 0 radical (unpaired) electrons. The van der Waals surface area contributed by atoms with Crippen LogP contribution in [0.2, 0.25) is 0 Å². The third-order valence-electron chi connectivity index (χ3n) is 5.12. The maximum absolute atomic E-state index is 13.1. The van der Waals surface area contributed by atoms with Crippen LogP contribution in [0.3, 0.4) is 0 Å². The Morgan fingerprint density at radius 3 is 2.22 bits per heavy atom. The van der Waals surface area contributed by atoms with Gasteiger partial charge in [-0.3, -0.25) is 14.4 Å². The van der Waals surface area contributed by atoms with Crippen LogP contribution in [0.4, 0.5) is 11.4 Å². The van der Waals surface area contributed by atoms with Crippen LogP contribution < -0.4 is 10.2 Å². The van der Waals surface area contributed by atoms with Gasteiger partial charge in [-0.15, -0.1) is 0 Å². The first-order valence-electron chi connectivity index (χ1n) is 9.80. The molecule has 32 heavy (non-hydrogen) atoms. The van der Waals surface area contributed by atoms with Crippen LogP contribution >= 0.6 is 0 Å². The maximum Gasteiger partial charge on any atom is 0.335 e. The van der Waals surface area contributed by atoms with E-state index in [0.717, 1.165) is 11.1 Å². The number of carboxylic acid groups (broad SMARTS) is 1. The Balaban J connectivity index is 1.91. The summed E-state index contributed by atoms with van der Waals surface area (Å²) >= 11 is 0. The molecule has 0 saturated heterocycles. The Labute approximate surface area is 185 Å². The smallest absolute Gasteiger partial charge is 0.335 e. The number of nitrogens with zero attached hydrogens (tertiary/aromatic N) is 1. The van der Waals surface area contributed by atoms with Crippen LogP contribution in [-0.2, 0) is 0 Å². The van der Waals surface area contributed by atoms with Gasteiger partial charge in [0.2, 0.25) is 0 Å². The SMILES string of the molecule is Cc1ccc(NC(=O)c2cc(N(C)C(=O)c3cc(C(=O)O)ccc3C=O)ccc2C)cc1. The largest absolute Gasteiger partial charge is 0.478 e. The first kappa shape index (κ1) is 22.4. The number of aryl methyl sites for hydroxylation is 2. The molecule has 0 bridgehead atoms. The van der Waals surface area contributed by atoms with Crippen molar-refractivity contribution in [3.05, 3.63) is 94.0 Å². The quantitative estimate of drug-likeness (QED) is 0.566. The molecule has 162 valence electrons. The summed E-state index contributed by atoms with van der Waals surface area (Å²) in [5, 5.41) is 12.1. The highest BCUT2D eigenvalue weighted by Crippen LogP contribution is 2.23. The van der Waals surface area contributed by atoms with Gasteiger partial charge >= 0.3 is 5.97 Å². The minimum absolute atomic E-state index is 0.0337. The minimum atomic E-state index is -1.20. The Bertz CT molecular complexity index is 1220. The van der Waals surface area contributed by atoms with Gasteiger partial charge in [0.15, 0.2) is 6.29 Å². The van der Waals surface area contributed by atoms with E-state index in [4.69, 9.17) is 0 Å². The minimum Gasteiger partial charge on any atom is -0.478 e. The molecule has 2 N–H and O–H groups in total. The van der Waals surface area contributed by atoms with Gasteiger partial charge in [0.05, 0.1) is 11.1 Å². The zero-order chi connectivity index (χ0) is 23.4. The summed E-state index contributed by atoms with van der Waals surface area (Å²) in [7, 11) is 1.50. The van der Waals surface area contributed by atoms with E-state index in [1.807, 2.05) is 19.1 Å². The van der Waals surface area contributed by atoms with E-state index in [0.29, 0.717) is 23.2 Å². The normalized spacial score (nSPS) is 10.3. The van der Waals surface area contributed by atoms with Crippen molar-refractivity contribution >= 4 is 35.4 Å². The van der Waals surface area contributed by atoms with E-state index in [-0.39, 0.29) is 22.6 Å². The van der Waals surface area contributed by atoms with Crippen LogP contribution in [0.5, 0.6) is 0 Å². The van der Waals surface area contributed by atoms with E-state index in [1.54, 1.807) is 37.3 Å². The Hall–Kier alpha value is -4.26. The molecule has 2 amide bonds. The Kier molecular flexibility index (Phi) is 6.49. The molecule has 0 unspecified atom stereocenters. The summed E-state index contributed by atoms with van der Waals surface area (Å²) < 4.78 is 0. The van der Waals surface area contributed by atoms with Crippen molar-refractivity contribution in [1.29, 1.82) is 0 Å². The van der Waals surface area contributed by atoms with E-state index in [2.05, 4.69) is 5.32 Å². The lowest BCUT2D eigenvalue weighted by molar-refractivity contribution is 0.0696. The fourth-order valence-electron chi connectivity index (χ4n) is 3.17. The molecule has 0 aromatic heterocycles. The van der Waals surface area contributed by atoms with Crippen molar-refractivity contribution in [2.24, 2.45) is 0 Å². The third kappa shape index (κ3) is 4.73. The van der Waals surface area contributed by atoms with Crippen LogP contribution in [0.1, 0.15) is 52.6 Å². The summed E-state index contributed by atoms with van der Waals surface area (Å²) in [5.41, 5.74) is 3.20. The molecule has 0 saturated carbocycles. The molecule has 3 aromatic rings. The number of rotatable bonds is 6. The van der Waals surface area contributed by atoms with Crippen LogP contribution in [0, 0.1) is 13.8 Å². The monoisotopic (exact) mass is 430 g/mol. The summed E-state index contributed by atoms with van der Waals surface area (Å²) in [6.07, 6.45) is 0.502. The van der Waals surface area contributed by atoms with Gasteiger partial charge in [-0.25, -0.2) is 4.79 Å². The number of hydrogen-bond donors (Lipinski definition) is 2. The number of carbonyl (C=O) groups excluding carboxylic acids is 3. The van der Waals surface area contributed by atoms with Crippen molar-refractivity contribution in [2.75, 3.05) is 17.3 Å². The third-order valence-corrected chi connectivity index (χ3v) is 5.12. The van der Waals surface area contributed by atoms with Gasteiger partial charge in [-0.2, -0.15) is 0 Å². The average molecular weight is 430 g/mol. The summed E-state index contributed by atoms with van der Waals surface area (Å²) in [5.74, 6) is -2.09. The van der Waals surface area contributed by atoms with E-state index in [1.165, 1.54) is 30.1 Å². The number of carboxylic acids is 1. The molecular formula is C25H22N2O5. The molecular weight excluding hydrogens is 408 g/mol. The molecule has 0 atom stereocenters. The number of aromatic carboxylic acids is 1. The van der Waals surface area contributed by atoms with Crippen molar-refractivity contribution in [3.8, 4) is 0 Å². The molecule has 0 spiro atoms. The maximum atomic E-state index is 13.1. The number of hydrogen-bond acceptors (Lipinski definition) is 4. The Morgan fingerprint density at radius 2 is 1.59 bits per heavy atom. The predicted octanol–water partition coefficient (Wildman–Crippen LogP) is 4.34. The molecule has 7 nitrogen and oxygen atoms in total. The fraction of sp³-hybridized carbons (Fsp3) is 0.120. The lowest BCUT2D eigenvalue weighted by Gasteiger charge is -2.20. The van der Waals surface area contributed by atoms with Gasteiger partial charge in [0, 0.05) is 29.5 Å². The first-order valence-corrected chi connectivity index (χ1v) is 9.80. The summed E-state index contributed by atoms with van der Waals surface area (Å²) in [6.45, 7) is 3.74. The molecule has 0 aliphatic carbocycles. The molecule has 0 aliphatic heterocycles. The molecule has 0 aliphatic rings. The molecule has 3 aromatic carbocycles. The highest BCUT2D eigenvalue weighted by Gasteiger charge is 2.21. The second-order valence-electron chi connectivity index (χ2n) is 7.41. The van der Waals surface area contributed by atoms with Gasteiger partial charge < -0.3 is 15.3 Å². The number of anilines is 2. The molecule has 0 fully saturated rings. The van der Waals surface area contributed by atoms with Crippen LogP contribution in [-0.4, -0.2) is 36.2 Å². The second-order valence-corrected chi connectivity index (χ2v) is 7.41. The van der Waals surface area contributed by atoms with Gasteiger partial charge in [-0.1, -0.05) is 29.8 Å². The van der Waals surface area contributed by atoms with Gasteiger partial charge in [0.25, 0.3) is 11.8 Å². The van der Waals surface area contributed by atoms with Gasteiger partial charge in [-0.05, 0) is 55.8 Å². The Morgan fingerprint density at radius 1 is 0.906 bits per heavy atom. The zero-order valence-corrected chi connectivity index (χ0v) is 17.9. The highest BCUT2D eigenvalue weighted by atomic mass is 16.4. The number of carbonyl (C=O) groups is 4.